The Kier molecular flexibility index (Phi) is 6.45. The zero-order valence-electron chi connectivity index (χ0n) is 19.0. The summed E-state index contributed by atoms with van der Waals surface area (Å²) in [5, 5.41) is 6.29. The van der Waals surface area contributed by atoms with Gasteiger partial charge in [-0.3, -0.25) is 10.2 Å². The number of sulfonamides is 1. The number of carbonyl (C=O) groups excluding carboxylic acids is 1. The summed E-state index contributed by atoms with van der Waals surface area (Å²) in [6.07, 6.45) is -3.64. The minimum atomic E-state index is -4.55. The third kappa shape index (κ3) is 4.55. The Morgan fingerprint density at radius 1 is 1.29 bits per heavy atom. The van der Waals surface area contributed by atoms with Gasteiger partial charge in [0.1, 0.15) is 0 Å². The Morgan fingerprint density at radius 3 is 2.65 bits per heavy atom. The zero-order valence-corrected chi connectivity index (χ0v) is 19.8. The van der Waals surface area contributed by atoms with Crippen molar-refractivity contribution in [2.75, 3.05) is 37.4 Å². The van der Waals surface area contributed by atoms with Crippen LogP contribution in [-0.2, 0) is 25.8 Å². The van der Waals surface area contributed by atoms with Crippen LogP contribution in [0, 0.1) is 16.7 Å². The van der Waals surface area contributed by atoms with Crippen molar-refractivity contribution in [3.05, 3.63) is 29.8 Å². The molecule has 1 aromatic rings. The number of rotatable bonds is 5. The van der Waals surface area contributed by atoms with Gasteiger partial charge in [-0.05, 0) is 48.8 Å². The van der Waals surface area contributed by atoms with Crippen LogP contribution in [-0.4, -0.2) is 56.6 Å². The fraction of sp³-hybridized carbons (Fsp3) is 0.636. The molecule has 0 aromatic heterocycles. The second kappa shape index (κ2) is 8.80. The number of fused-ring (bicyclic) bond motifs is 2. The molecule has 1 saturated heterocycles. The topological polar surface area (TPSA) is 97.3 Å². The van der Waals surface area contributed by atoms with Crippen LogP contribution in [0.5, 0.6) is 0 Å². The van der Waals surface area contributed by atoms with Crippen molar-refractivity contribution in [3.8, 4) is 0 Å². The van der Waals surface area contributed by atoms with E-state index in [1.54, 1.807) is 0 Å². The van der Waals surface area contributed by atoms with Gasteiger partial charge in [-0.25, -0.2) is 13.2 Å². The molecular formula is C22H28F3N3O5S. The van der Waals surface area contributed by atoms with Gasteiger partial charge in [0.2, 0.25) is 10.0 Å². The maximum absolute atomic E-state index is 13.3. The van der Waals surface area contributed by atoms with E-state index in [-0.39, 0.29) is 22.8 Å². The fourth-order valence-corrected chi connectivity index (χ4v) is 7.69. The van der Waals surface area contributed by atoms with Crippen molar-refractivity contribution in [2.24, 2.45) is 21.9 Å². The molecule has 2 saturated carbocycles. The van der Waals surface area contributed by atoms with Crippen LogP contribution in [0.2, 0.25) is 0 Å². The molecule has 1 aliphatic heterocycles. The molecule has 34 heavy (non-hydrogen) atoms. The Labute approximate surface area is 196 Å². The van der Waals surface area contributed by atoms with Crippen LogP contribution in [0.25, 0.3) is 0 Å². The Morgan fingerprint density at radius 2 is 2.00 bits per heavy atom. The number of anilines is 1. The highest BCUT2D eigenvalue weighted by molar-refractivity contribution is 7.89. The smallest absolute Gasteiger partial charge is 0.379 e. The van der Waals surface area contributed by atoms with E-state index >= 15 is 0 Å². The van der Waals surface area contributed by atoms with E-state index in [9.17, 15) is 26.4 Å². The third-order valence-corrected chi connectivity index (χ3v) is 9.64. The number of benzene rings is 1. The molecule has 1 N–H and O–H groups in total. The quantitative estimate of drug-likeness (QED) is 0.482. The summed E-state index contributed by atoms with van der Waals surface area (Å²) >= 11 is 0. The van der Waals surface area contributed by atoms with E-state index in [0.29, 0.717) is 44.9 Å². The zero-order chi connectivity index (χ0) is 24.8. The molecular weight excluding hydrogens is 475 g/mol. The number of ether oxygens (including phenoxy) is 1. The lowest BCUT2D eigenvalue weighted by molar-refractivity contribution is -0.137. The molecule has 188 valence electrons. The minimum absolute atomic E-state index is 0.0853. The highest BCUT2D eigenvalue weighted by Gasteiger charge is 2.64. The molecule has 1 heterocycles. The van der Waals surface area contributed by atoms with Crippen LogP contribution >= 0.6 is 0 Å². The number of oxime groups is 1. The van der Waals surface area contributed by atoms with Gasteiger partial charge < -0.3 is 4.74 Å². The number of hydrogen-bond acceptors (Lipinski definition) is 6. The summed E-state index contributed by atoms with van der Waals surface area (Å²) in [5.74, 6) is 0.0577. The Hall–Kier alpha value is -2.18. The summed E-state index contributed by atoms with van der Waals surface area (Å²) < 4.78 is 71.9. The van der Waals surface area contributed by atoms with Crippen LogP contribution < -0.4 is 5.32 Å². The van der Waals surface area contributed by atoms with Gasteiger partial charge >= 0.3 is 12.3 Å². The second-order valence-corrected chi connectivity index (χ2v) is 11.6. The number of nitrogens with one attached hydrogen (secondary N) is 1. The number of morpholine rings is 1. The summed E-state index contributed by atoms with van der Waals surface area (Å²) in [6, 6.07) is 4.17. The average Bonchev–Trinajstić information content (AvgIpc) is 3.12. The minimum Gasteiger partial charge on any atom is -0.379 e. The molecule has 2 unspecified atom stereocenters. The van der Waals surface area contributed by atoms with Crippen molar-refractivity contribution in [3.63, 3.8) is 0 Å². The van der Waals surface area contributed by atoms with Crippen molar-refractivity contribution >= 4 is 27.5 Å². The van der Waals surface area contributed by atoms with E-state index in [0.717, 1.165) is 18.6 Å². The normalized spacial score (nSPS) is 28.3. The molecule has 2 aliphatic carbocycles. The fourth-order valence-electron chi connectivity index (χ4n) is 5.50. The van der Waals surface area contributed by atoms with Gasteiger partial charge in [0.25, 0.3) is 0 Å². The van der Waals surface area contributed by atoms with E-state index in [1.165, 1.54) is 16.4 Å². The van der Waals surface area contributed by atoms with Crippen molar-refractivity contribution in [1.29, 1.82) is 0 Å². The molecule has 3 aliphatic rings. The molecule has 0 radical (unpaired) electrons. The first-order valence-electron chi connectivity index (χ1n) is 11.1. The van der Waals surface area contributed by atoms with Crippen LogP contribution in [0.3, 0.4) is 0 Å². The molecule has 1 amide bonds. The third-order valence-electron chi connectivity index (χ3n) is 7.63. The van der Waals surface area contributed by atoms with Crippen molar-refractivity contribution in [2.45, 2.75) is 39.3 Å². The van der Waals surface area contributed by atoms with Gasteiger partial charge in [0.05, 0.1) is 30.2 Å². The molecule has 1 aromatic carbocycles. The van der Waals surface area contributed by atoms with Crippen LogP contribution in [0.4, 0.5) is 23.7 Å². The maximum Gasteiger partial charge on any atom is 0.437 e. The number of carbonyl (C=O) groups is 1. The van der Waals surface area contributed by atoms with Gasteiger partial charge in [-0.1, -0.05) is 25.1 Å². The number of hydrogen-bond donors (Lipinski definition) is 1. The highest BCUT2D eigenvalue weighted by atomic mass is 32.2. The second-order valence-electron chi connectivity index (χ2n) is 9.63. The number of amides is 1. The first-order chi connectivity index (χ1) is 15.8. The summed E-state index contributed by atoms with van der Waals surface area (Å²) in [4.78, 5) is 17.3. The lowest BCUT2D eigenvalue weighted by atomic mass is 9.70. The molecule has 12 heteroatoms. The summed E-state index contributed by atoms with van der Waals surface area (Å²) in [7, 11) is -3.61. The monoisotopic (exact) mass is 503 g/mol. The van der Waals surface area contributed by atoms with Gasteiger partial charge in [-0.2, -0.15) is 17.5 Å². The lowest BCUT2D eigenvalue weighted by Crippen LogP contribution is -2.49. The molecule has 8 nitrogen and oxygen atoms in total. The number of nitrogens with zero attached hydrogens (tertiary/aromatic N) is 2. The molecule has 2 bridgehead atoms. The SMILES string of the molecule is CC1(C)C2CCC1(CS(=O)(=O)N1CCOCC1)/C(=N/OC(=O)Nc1cccc(C(F)(F)F)c1)C2. The first kappa shape index (κ1) is 24.9. The van der Waals surface area contributed by atoms with Crippen molar-refractivity contribution in [1.82, 2.24) is 4.31 Å². The van der Waals surface area contributed by atoms with Crippen LogP contribution in [0.15, 0.2) is 29.4 Å². The van der Waals surface area contributed by atoms with Gasteiger partial charge in [0, 0.05) is 24.2 Å². The number of halogens is 3. The van der Waals surface area contributed by atoms with E-state index in [2.05, 4.69) is 10.5 Å². The van der Waals surface area contributed by atoms with E-state index in [1.807, 2.05) is 13.8 Å². The molecule has 4 rings (SSSR count). The maximum atomic E-state index is 13.3. The lowest BCUT2D eigenvalue weighted by Gasteiger charge is -2.39. The van der Waals surface area contributed by atoms with Gasteiger partial charge in [0.15, 0.2) is 0 Å². The Balaban J connectivity index is 1.51. The molecule has 0 spiro atoms. The standard InChI is InChI=1S/C22H28F3N3O5S/c1-20(2)15-6-7-21(20,14-34(30,31)28-8-10-32-11-9-28)18(13-15)27-33-19(29)26-17-5-3-4-16(12-17)22(23,24)25/h3-5,12,15H,6-11,13-14H2,1-2H3,(H,26,29)/b27-18+. The predicted molar refractivity (Wildman–Crippen MR) is 119 cm³/mol. The predicted octanol–water partition coefficient (Wildman–Crippen LogP) is 4.10. The average molecular weight is 504 g/mol. The summed E-state index contributed by atoms with van der Waals surface area (Å²) in [5.41, 5.74) is -1.64. The summed E-state index contributed by atoms with van der Waals surface area (Å²) in [6.45, 7) is 5.32. The van der Waals surface area contributed by atoms with E-state index in [4.69, 9.17) is 9.57 Å². The molecule has 3 fully saturated rings. The largest absolute Gasteiger partial charge is 0.437 e. The van der Waals surface area contributed by atoms with Crippen LogP contribution in [0.1, 0.15) is 38.7 Å². The number of alkyl halides is 3. The first-order valence-corrected chi connectivity index (χ1v) is 12.7. The van der Waals surface area contributed by atoms with E-state index < -0.39 is 33.3 Å². The highest BCUT2D eigenvalue weighted by Crippen LogP contribution is 2.64. The Bertz CT molecular complexity index is 1080. The van der Waals surface area contributed by atoms with Gasteiger partial charge in [-0.15, -0.1) is 0 Å². The van der Waals surface area contributed by atoms with Crippen molar-refractivity contribution < 1.29 is 36.0 Å². The molecule has 2 atom stereocenters.